The molecule has 12 atom stereocenters. The maximum Gasteiger partial charge on any atom is 0.0844 e. The summed E-state index contributed by atoms with van der Waals surface area (Å²) in [7, 11) is 0. The highest BCUT2D eigenvalue weighted by molar-refractivity contribution is 4.99. The van der Waals surface area contributed by atoms with Gasteiger partial charge in [-0.25, -0.2) is 0 Å². The molecule has 0 radical (unpaired) electrons. The molecule has 4 saturated carbocycles. The third-order valence-electron chi connectivity index (χ3n) is 9.65. The molecular weight excluding hydrogens is 364 g/mol. The predicted octanol–water partition coefficient (Wildman–Crippen LogP) is 4.63. The SMILES string of the molecule is C1CC2OC2CC1C1CCC2OC2C1.C1CC2OC2CC1CC1CCC2OC2C1. The van der Waals surface area contributed by atoms with Crippen molar-refractivity contribution in [3.63, 3.8) is 0 Å². The summed E-state index contributed by atoms with van der Waals surface area (Å²) in [6, 6.07) is 0. The van der Waals surface area contributed by atoms with Gasteiger partial charge in [-0.3, -0.25) is 0 Å². The smallest absolute Gasteiger partial charge is 0.0844 e. The van der Waals surface area contributed by atoms with Crippen LogP contribution in [0.5, 0.6) is 0 Å². The van der Waals surface area contributed by atoms with Crippen LogP contribution in [0.1, 0.15) is 83.5 Å². The molecule has 0 bridgehead atoms. The molecule has 8 rings (SSSR count). The highest BCUT2D eigenvalue weighted by atomic mass is 16.6. The molecular formula is C25H38O4. The molecule has 0 amide bonds. The van der Waals surface area contributed by atoms with E-state index in [1.807, 2.05) is 0 Å². The molecule has 4 aliphatic heterocycles. The molecule has 4 heterocycles. The lowest BCUT2D eigenvalue weighted by Gasteiger charge is -2.30. The quantitative estimate of drug-likeness (QED) is 0.646. The Morgan fingerprint density at radius 1 is 0.379 bits per heavy atom. The molecule has 0 spiro atoms. The average Bonchev–Trinajstić information content (AvgIpc) is 3.58. The lowest BCUT2D eigenvalue weighted by molar-refractivity contribution is 0.217. The van der Waals surface area contributed by atoms with Crippen molar-refractivity contribution in [1.29, 1.82) is 0 Å². The Bertz CT molecular complexity index is 572. The fourth-order valence-electron chi connectivity index (χ4n) is 7.60. The largest absolute Gasteiger partial charge is 0.370 e. The highest BCUT2D eigenvalue weighted by Crippen LogP contribution is 2.49. The van der Waals surface area contributed by atoms with Gasteiger partial charge >= 0.3 is 0 Å². The van der Waals surface area contributed by atoms with E-state index < -0.39 is 0 Å². The third kappa shape index (κ3) is 4.04. The standard InChI is InChI=1S/C13H20O2.C12H18O2/c1-3-10-12(14-10)6-8(1)5-9-2-4-11-13(7-9)15-11;1-3-9-11(13-9)5-7(1)8-2-4-10-12(6-8)14-10/h8-13H,1-7H2;7-12H,1-6H2. The summed E-state index contributed by atoms with van der Waals surface area (Å²) in [5, 5.41) is 0. The Labute approximate surface area is 175 Å². The maximum absolute atomic E-state index is 5.60. The molecule has 8 fully saturated rings. The van der Waals surface area contributed by atoms with Crippen LogP contribution < -0.4 is 0 Å². The van der Waals surface area contributed by atoms with Crippen molar-refractivity contribution in [2.45, 2.75) is 132 Å². The zero-order valence-corrected chi connectivity index (χ0v) is 17.8. The maximum atomic E-state index is 5.60. The van der Waals surface area contributed by atoms with Gasteiger partial charge in [-0.05, 0) is 107 Å². The van der Waals surface area contributed by atoms with Gasteiger partial charge in [-0.15, -0.1) is 0 Å². The fourth-order valence-corrected chi connectivity index (χ4v) is 7.60. The van der Waals surface area contributed by atoms with Gasteiger partial charge in [0, 0.05) is 0 Å². The third-order valence-corrected chi connectivity index (χ3v) is 9.65. The molecule has 4 saturated heterocycles. The van der Waals surface area contributed by atoms with Gasteiger partial charge in [0.2, 0.25) is 0 Å². The molecule has 4 nitrogen and oxygen atoms in total. The lowest BCUT2D eigenvalue weighted by Crippen LogP contribution is -2.26. The first kappa shape index (κ1) is 18.4. The first-order valence-electron chi connectivity index (χ1n) is 12.9. The molecule has 162 valence electrons. The van der Waals surface area contributed by atoms with Gasteiger partial charge in [0.15, 0.2) is 0 Å². The van der Waals surface area contributed by atoms with Crippen LogP contribution in [0.25, 0.3) is 0 Å². The summed E-state index contributed by atoms with van der Waals surface area (Å²) in [6.45, 7) is 0. The number of rotatable bonds is 3. The average molecular weight is 403 g/mol. The van der Waals surface area contributed by atoms with Gasteiger partial charge in [-0.2, -0.15) is 0 Å². The second kappa shape index (κ2) is 7.18. The molecule has 0 aromatic rings. The van der Waals surface area contributed by atoms with E-state index in [1.165, 1.54) is 83.5 Å². The van der Waals surface area contributed by atoms with Gasteiger partial charge in [0.05, 0.1) is 48.8 Å². The molecule has 29 heavy (non-hydrogen) atoms. The van der Waals surface area contributed by atoms with Crippen molar-refractivity contribution < 1.29 is 18.9 Å². The van der Waals surface area contributed by atoms with Crippen LogP contribution in [0.15, 0.2) is 0 Å². The number of ether oxygens (including phenoxy) is 4. The number of hydrogen-bond acceptors (Lipinski definition) is 4. The van der Waals surface area contributed by atoms with E-state index in [2.05, 4.69) is 0 Å². The van der Waals surface area contributed by atoms with Crippen LogP contribution in [0, 0.1) is 23.7 Å². The van der Waals surface area contributed by atoms with Crippen LogP contribution in [0.3, 0.4) is 0 Å². The summed E-state index contributed by atoms with van der Waals surface area (Å²) < 4.78 is 22.4. The molecule has 8 aliphatic rings. The Morgan fingerprint density at radius 2 is 0.759 bits per heavy atom. The first-order valence-corrected chi connectivity index (χ1v) is 12.9. The molecule has 0 N–H and O–H groups in total. The Kier molecular flexibility index (Phi) is 4.56. The Hall–Kier alpha value is -0.160. The topological polar surface area (TPSA) is 50.1 Å². The molecule has 0 aromatic heterocycles. The van der Waals surface area contributed by atoms with E-state index in [0.29, 0.717) is 48.8 Å². The van der Waals surface area contributed by atoms with Crippen LogP contribution in [-0.2, 0) is 18.9 Å². The van der Waals surface area contributed by atoms with E-state index in [4.69, 9.17) is 18.9 Å². The highest BCUT2D eigenvalue weighted by Gasteiger charge is 2.50. The van der Waals surface area contributed by atoms with Crippen molar-refractivity contribution >= 4 is 0 Å². The Morgan fingerprint density at radius 3 is 1.14 bits per heavy atom. The van der Waals surface area contributed by atoms with Crippen LogP contribution >= 0.6 is 0 Å². The monoisotopic (exact) mass is 402 g/mol. The number of epoxide rings is 4. The summed E-state index contributed by atoms with van der Waals surface area (Å²) in [4.78, 5) is 0. The second-order valence-electron chi connectivity index (χ2n) is 11.6. The zero-order valence-electron chi connectivity index (χ0n) is 17.8. The van der Waals surface area contributed by atoms with Crippen molar-refractivity contribution in [3.05, 3.63) is 0 Å². The minimum Gasteiger partial charge on any atom is -0.370 e. The normalized spacial score (nSPS) is 58.3. The summed E-state index contributed by atoms with van der Waals surface area (Å²) >= 11 is 0. The number of fused-ring (bicyclic) bond motifs is 4. The van der Waals surface area contributed by atoms with Gasteiger partial charge in [0.1, 0.15) is 0 Å². The Balaban J connectivity index is 0.000000106. The molecule has 4 heteroatoms. The van der Waals surface area contributed by atoms with E-state index in [1.54, 1.807) is 0 Å². The minimum atomic E-state index is 0.659. The summed E-state index contributed by atoms with van der Waals surface area (Å²) in [5.41, 5.74) is 0. The van der Waals surface area contributed by atoms with E-state index in [-0.39, 0.29) is 0 Å². The second-order valence-corrected chi connectivity index (χ2v) is 11.6. The van der Waals surface area contributed by atoms with Gasteiger partial charge in [-0.1, -0.05) is 0 Å². The lowest BCUT2D eigenvalue weighted by atomic mass is 9.73. The molecule has 4 aliphatic carbocycles. The van der Waals surface area contributed by atoms with E-state index >= 15 is 0 Å². The van der Waals surface area contributed by atoms with Crippen molar-refractivity contribution in [2.75, 3.05) is 0 Å². The first-order chi connectivity index (χ1) is 14.3. The summed E-state index contributed by atoms with van der Waals surface area (Å²) in [5.74, 6) is 3.86. The minimum absolute atomic E-state index is 0.659. The van der Waals surface area contributed by atoms with Crippen molar-refractivity contribution in [3.8, 4) is 0 Å². The zero-order chi connectivity index (χ0) is 18.9. The van der Waals surface area contributed by atoms with Gasteiger partial charge in [0.25, 0.3) is 0 Å². The van der Waals surface area contributed by atoms with E-state index in [0.717, 1.165) is 23.7 Å². The summed E-state index contributed by atoms with van der Waals surface area (Å²) in [6.07, 6.45) is 23.2. The van der Waals surface area contributed by atoms with Crippen LogP contribution in [-0.4, -0.2) is 48.8 Å². The van der Waals surface area contributed by atoms with E-state index in [9.17, 15) is 0 Å². The van der Waals surface area contributed by atoms with Gasteiger partial charge < -0.3 is 18.9 Å². The number of hydrogen-bond donors (Lipinski definition) is 0. The van der Waals surface area contributed by atoms with Crippen molar-refractivity contribution in [2.24, 2.45) is 23.7 Å². The predicted molar refractivity (Wildman–Crippen MR) is 109 cm³/mol. The molecule has 12 unspecified atom stereocenters. The van der Waals surface area contributed by atoms with Crippen LogP contribution in [0.2, 0.25) is 0 Å². The fraction of sp³-hybridized carbons (Fsp3) is 1.00. The van der Waals surface area contributed by atoms with Crippen molar-refractivity contribution in [1.82, 2.24) is 0 Å². The molecule has 0 aromatic carbocycles. The van der Waals surface area contributed by atoms with Crippen LogP contribution in [0.4, 0.5) is 0 Å².